The highest BCUT2D eigenvalue weighted by Gasteiger charge is 2.50. The van der Waals surface area contributed by atoms with Crippen molar-refractivity contribution < 1.29 is 9.59 Å². The lowest BCUT2D eigenvalue weighted by atomic mass is 9.93. The van der Waals surface area contributed by atoms with Gasteiger partial charge in [0.05, 0.1) is 39.9 Å². The lowest BCUT2D eigenvalue weighted by molar-refractivity contribution is -0.124. The molecular formula is C66H98Br2N2O2S4. The summed E-state index contributed by atoms with van der Waals surface area (Å²) >= 11 is 15.0. The molecule has 0 aliphatic carbocycles. The molecule has 0 saturated carbocycles. The van der Waals surface area contributed by atoms with Crippen LogP contribution in [0, 0.1) is 11.8 Å². The fourth-order valence-corrected chi connectivity index (χ4v) is 17.6. The average Bonchev–Trinajstić information content (AvgIpc) is 4.36. The van der Waals surface area contributed by atoms with E-state index in [1.54, 1.807) is 22.7 Å². The number of carbonyl (C=O) groups is 2. The van der Waals surface area contributed by atoms with E-state index in [1.807, 2.05) is 22.7 Å². The smallest absolute Gasteiger partial charge is 0.261 e. The molecule has 0 spiro atoms. The van der Waals surface area contributed by atoms with Crippen LogP contribution in [0.1, 0.15) is 268 Å². The predicted molar refractivity (Wildman–Crippen MR) is 344 cm³/mol. The van der Waals surface area contributed by atoms with E-state index in [0.29, 0.717) is 36.1 Å². The normalized spacial score (nSPS) is 14.7. The van der Waals surface area contributed by atoms with Crippen LogP contribution in [0.4, 0.5) is 0 Å². The molecule has 6 heterocycles. The number of unbranched alkanes of at least 4 members (excludes halogenated alkanes) is 22. The third-order valence-electron chi connectivity index (χ3n) is 16.2. The SMILES string of the molecule is CCCCCCCCC(CCCCCC)CN1C(=O)C2=C(c3ccc(-c4sc(Br)cc4CCCCCC)s3)N(CC(CCCCCC)CCCCCCCC)C(=O)C2=C1c1ccc(-c2sc(Br)cc2CCCCCC)s1. The molecule has 0 bridgehead atoms. The lowest BCUT2D eigenvalue weighted by Gasteiger charge is -2.29. The third-order valence-corrected chi connectivity index (χ3v) is 22.1. The Morgan fingerprint density at radius 2 is 0.671 bits per heavy atom. The summed E-state index contributed by atoms with van der Waals surface area (Å²) in [5, 5.41) is 0. The van der Waals surface area contributed by atoms with Crippen molar-refractivity contribution in [3.63, 3.8) is 0 Å². The van der Waals surface area contributed by atoms with Crippen molar-refractivity contribution in [3.05, 3.63) is 76.0 Å². The Kier molecular flexibility index (Phi) is 29.3. The number of hydrogen-bond donors (Lipinski definition) is 0. The van der Waals surface area contributed by atoms with Gasteiger partial charge in [-0.2, -0.15) is 0 Å². The second kappa shape index (κ2) is 35.1. The van der Waals surface area contributed by atoms with E-state index in [4.69, 9.17) is 0 Å². The van der Waals surface area contributed by atoms with Crippen molar-refractivity contribution in [2.24, 2.45) is 11.8 Å². The maximum absolute atomic E-state index is 16.1. The van der Waals surface area contributed by atoms with Crippen molar-refractivity contribution in [2.75, 3.05) is 13.1 Å². The summed E-state index contributed by atoms with van der Waals surface area (Å²) in [7, 11) is 0. The van der Waals surface area contributed by atoms with Gasteiger partial charge in [0, 0.05) is 32.6 Å². The first kappa shape index (κ1) is 63.4. The van der Waals surface area contributed by atoms with Gasteiger partial charge in [0.15, 0.2) is 0 Å². The molecule has 6 rings (SSSR count). The van der Waals surface area contributed by atoms with Crippen LogP contribution in [-0.2, 0) is 22.4 Å². The zero-order valence-electron chi connectivity index (χ0n) is 48.2. The largest absolute Gasteiger partial charge is 0.306 e. The number of carbonyl (C=O) groups excluding carboxylic acids is 2. The van der Waals surface area contributed by atoms with E-state index in [1.165, 1.54) is 218 Å². The summed E-state index contributed by atoms with van der Waals surface area (Å²) in [6.07, 6.45) is 41.5. The Labute approximate surface area is 496 Å². The van der Waals surface area contributed by atoms with Crippen molar-refractivity contribution >= 4 is 100 Å². The zero-order valence-corrected chi connectivity index (χ0v) is 54.6. The molecule has 2 aliphatic rings. The van der Waals surface area contributed by atoms with Crippen LogP contribution in [0.2, 0.25) is 0 Å². The van der Waals surface area contributed by atoms with E-state index in [2.05, 4.69) is 120 Å². The minimum atomic E-state index is 0.0450. The molecule has 2 amide bonds. The van der Waals surface area contributed by atoms with Crippen LogP contribution in [0.5, 0.6) is 0 Å². The zero-order chi connectivity index (χ0) is 54.1. The van der Waals surface area contributed by atoms with Gasteiger partial charge in [0.2, 0.25) is 0 Å². The molecule has 0 radical (unpaired) electrons. The molecule has 4 aromatic rings. The topological polar surface area (TPSA) is 40.6 Å². The lowest BCUT2D eigenvalue weighted by Crippen LogP contribution is -2.34. The molecular weight excluding hydrogens is 1140 g/mol. The van der Waals surface area contributed by atoms with Crippen molar-refractivity contribution in [1.82, 2.24) is 9.80 Å². The number of aryl methyl sites for hydroxylation is 2. The Balaban J connectivity index is 1.48. The molecule has 0 N–H and O–H groups in total. The maximum Gasteiger partial charge on any atom is 0.261 e. The van der Waals surface area contributed by atoms with Gasteiger partial charge in [0.25, 0.3) is 11.8 Å². The molecule has 2 aliphatic heterocycles. The van der Waals surface area contributed by atoms with Gasteiger partial charge in [-0.25, -0.2) is 0 Å². The molecule has 0 aromatic carbocycles. The summed E-state index contributed by atoms with van der Waals surface area (Å²) in [6, 6.07) is 13.8. The first-order chi connectivity index (χ1) is 37.2. The van der Waals surface area contributed by atoms with E-state index < -0.39 is 0 Å². The molecule has 4 aromatic heterocycles. The van der Waals surface area contributed by atoms with Crippen LogP contribution in [0.3, 0.4) is 0 Å². The fraction of sp³-hybridized carbons (Fsp3) is 0.667. The van der Waals surface area contributed by atoms with Gasteiger partial charge >= 0.3 is 0 Å². The van der Waals surface area contributed by atoms with Crippen LogP contribution in [-0.4, -0.2) is 34.7 Å². The summed E-state index contributed by atoms with van der Waals surface area (Å²) in [4.78, 5) is 43.7. The monoisotopic (exact) mass is 1240 g/mol. The standard InChI is InChI=1S/C66H98Br2N2O2S4/c1-7-13-19-25-27-31-37-49(35-29-21-15-9-3)47-69-61(53-41-43-55(73-53)63-51(45-57(67)75-63)39-33-23-17-11-5)59-60(65(69)71)62(54-42-44-56(74-54)64-52(46-58(68)76-64)40-34-24-18-12-6)70(66(59)72)48-50(36-30-22-16-10-4)38-32-28-26-20-14-8-2/h41-46,49-50H,7-40,47-48H2,1-6H3. The fourth-order valence-electron chi connectivity index (χ4n) is 11.8. The van der Waals surface area contributed by atoms with Gasteiger partial charge in [-0.1, -0.05) is 208 Å². The van der Waals surface area contributed by atoms with Crippen LogP contribution >= 0.6 is 77.2 Å². The van der Waals surface area contributed by atoms with Gasteiger partial charge < -0.3 is 9.80 Å². The number of halogens is 2. The Hall–Kier alpha value is -1.82. The van der Waals surface area contributed by atoms with Gasteiger partial charge in [0.1, 0.15) is 0 Å². The molecule has 76 heavy (non-hydrogen) atoms. The molecule has 422 valence electrons. The van der Waals surface area contributed by atoms with Crippen molar-refractivity contribution in [2.45, 2.75) is 260 Å². The number of thiophene rings is 4. The number of nitrogens with zero attached hydrogens (tertiary/aromatic N) is 2. The van der Waals surface area contributed by atoms with Crippen LogP contribution in [0.25, 0.3) is 30.9 Å². The molecule has 4 nitrogen and oxygen atoms in total. The average molecular weight is 1240 g/mol. The number of hydrogen-bond acceptors (Lipinski definition) is 6. The highest BCUT2D eigenvalue weighted by Crippen LogP contribution is 2.52. The Morgan fingerprint density at radius 1 is 0.382 bits per heavy atom. The first-order valence-corrected chi connectivity index (χ1v) is 35.9. The molecule has 0 fully saturated rings. The maximum atomic E-state index is 16.1. The van der Waals surface area contributed by atoms with Crippen LogP contribution in [0.15, 0.2) is 55.1 Å². The highest BCUT2D eigenvalue weighted by molar-refractivity contribution is 9.11. The van der Waals surface area contributed by atoms with Gasteiger partial charge in [-0.15, -0.1) is 45.3 Å². The summed E-state index contributed by atoms with van der Waals surface area (Å²) in [5.74, 6) is 0.850. The summed E-state index contributed by atoms with van der Waals surface area (Å²) < 4.78 is 2.33. The minimum Gasteiger partial charge on any atom is -0.306 e. The Morgan fingerprint density at radius 3 is 1.01 bits per heavy atom. The van der Waals surface area contributed by atoms with Crippen molar-refractivity contribution in [1.29, 1.82) is 0 Å². The quantitative estimate of drug-likeness (QED) is 0.0415. The number of amides is 2. The van der Waals surface area contributed by atoms with E-state index in [9.17, 15) is 0 Å². The second-order valence-corrected chi connectivity index (χ2v) is 29.6. The van der Waals surface area contributed by atoms with Crippen LogP contribution < -0.4 is 0 Å². The van der Waals surface area contributed by atoms with Crippen molar-refractivity contribution in [3.8, 4) is 19.5 Å². The highest BCUT2D eigenvalue weighted by atomic mass is 79.9. The van der Waals surface area contributed by atoms with Gasteiger partial charge in [-0.3, -0.25) is 9.59 Å². The summed E-state index contributed by atoms with van der Waals surface area (Å²) in [5.41, 5.74) is 5.90. The predicted octanol–water partition coefficient (Wildman–Crippen LogP) is 23.5. The number of fused-ring (bicyclic) bond motifs is 1. The third kappa shape index (κ3) is 18.6. The molecule has 2 unspecified atom stereocenters. The number of rotatable bonds is 42. The first-order valence-electron chi connectivity index (χ1n) is 31.1. The molecule has 2 atom stereocenters. The van der Waals surface area contributed by atoms with Gasteiger partial charge in [-0.05, 0) is 143 Å². The Bertz CT molecular complexity index is 2240. The minimum absolute atomic E-state index is 0.0450. The van der Waals surface area contributed by atoms with E-state index >= 15 is 9.59 Å². The summed E-state index contributed by atoms with van der Waals surface area (Å²) in [6.45, 7) is 15.1. The van der Waals surface area contributed by atoms with E-state index in [-0.39, 0.29) is 11.8 Å². The van der Waals surface area contributed by atoms with E-state index in [0.717, 1.165) is 59.7 Å². The molecule has 0 saturated heterocycles. The molecule has 10 heteroatoms. The second-order valence-electron chi connectivity index (χ2n) is 22.6.